The molecule has 0 aliphatic rings. The molecule has 2 amide bonds. The van der Waals surface area contributed by atoms with Crippen LogP contribution in [0.5, 0.6) is 0 Å². The zero-order chi connectivity index (χ0) is 18.4. The average Bonchev–Trinajstić information content (AvgIpc) is 3.19. The second-order valence-corrected chi connectivity index (χ2v) is 6.02. The Bertz CT molecular complexity index is 907. The zero-order valence-electron chi connectivity index (χ0n) is 13.9. The molecule has 0 saturated carbocycles. The van der Waals surface area contributed by atoms with E-state index in [9.17, 15) is 9.59 Å². The van der Waals surface area contributed by atoms with Crippen molar-refractivity contribution in [2.75, 3.05) is 0 Å². The summed E-state index contributed by atoms with van der Waals surface area (Å²) in [4.78, 5) is 24.6. The molecule has 3 aromatic rings. The molecule has 6 heteroatoms. The van der Waals surface area contributed by atoms with Crippen LogP contribution in [0.4, 0.5) is 0 Å². The Balaban J connectivity index is 1.61. The normalized spacial score (nSPS) is 10.3. The van der Waals surface area contributed by atoms with Gasteiger partial charge in [-0.2, -0.15) is 0 Å². The van der Waals surface area contributed by atoms with Crippen LogP contribution < -0.4 is 10.6 Å². The predicted molar refractivity (Wildman–Crippen MR) is 98.9 cm³/mol. The number of furan rings is 1. The first-order valence-corrected chi connectivity index (χ1v) is 8.43. The molecule has 1 aromatic heterocycles. The van der Waals surface area contributed by atoms with Gasteiger partial charge in [0, 0.05) is 22.7 Å². The van der Waals surface area contributed by atoms with E-state index in [0.717, 1.165) is 5.56 Å². The number of carbonyl (C=O) groups is 2. The molecule has 0 fully saturated rings. The van der Waals surface area contributed by atoms with E-state index in [-0.39, 0.29) is 18.4 Å². The number of halogens is 1. The summed E-state index contributed by atoms with van der Waals surface area (Å²) < 4.78 is 5.18. The van der Waals surface area contributed by atoms with Crippen molar-refractivity contribution in [2.45, 2.75) is 13.1 Å². The van der Waals surface area contributed by atoms with Crippen molar-refractivity contribution in [1.82, 2.24) is 10.6 Å². The molecule has 132 valence electrons. The van der Waals surface area contributed by atoms with E-state index >= 15 is 0 Å². The third-order valence-corrected chi connectivity index (χ3v) is 4.16. The highest BCUT2D eigenvalue weighted by Gasteiger charge is 2.11. The molecule has 0 aliphatic heterocycles. The minimum absolute atomic E-state index is 0.273. The van der Waals surface area contributed by atoms with E-state index in [1.165, 1.54) is 0 Å². The van der Waals surface area contributed by atoms with Gasteiger partial charge in [0.05, 0.1) is 12.8 Å². The molecular formula is C20H17ClN2O3. The van der Waals surface area contributed by atoms with Gasteiger partial charge in [-0.25, -0.2) is 0 Å². The Labute approximate surface area is 156 Å². The number of benzene rings is 2. The maximum atomic E-state index is 12.3. The zero-order valence-corrected chi connectivity index (χ0v) is 14.6. The number of hydrogen-bond acceptors (Lipinski definition) is 3. The lowest BCUT2D eigenvalue weighted by atomic mass is 10.1. The number of amides is 2. The van der Waals surface area contributed by atoms with Gasteiger partial charge in [-0.1, -0.05) is 35.9 Å². The second-order valence-electron chi connectivity index (χ2n) is 5.62. The van der Waals surface area contributed by atoms with Crippen molar-refractivity contribution in [3.8, 4) is 0 Å². The van der Waals surface area contributed by atoms with Crippen LogP contribution in [0.25, 0.3) is 0 Å². The molecule has 0 spiro atoms. The Morgan fingerprint density at radius 1 is 0.846 bits per heavy atom. The van der Waals surface area contributed by atoms with Gasteiger partial charge in [0.2, 0.25) is 0 Å². The summed E-state index contributed by atoms with van der Waals surface area (Å²) in [5.41, 5.74) is 1.64. The Kier molecular flexibility index (Phi) is 5.71. The highest BCUT2D eigenvalue weighted by molar-refractivity contribution is 6.31. The van der Waals surface area contributed by atoms with Crippen LogP contribution in [0.15, 0.2) is 71.3 Å². The lowest BCUT2D eigenvalue weighted by molar-refractivity contribution is 0.0948. The molecule has 0 atom stereocenters. The van der Waals surface area contributed by atoms with Gasteiger partial charge in [0.1, 0.15) is 5.76 Å². The van der Waals surface area contributed by atoms with Crippen LogP contribution in [0.2, 0.25) is 5.02 Å². The fourth-order valence-corrected chi connectivity index (χ4v) is 2.61. The average molecular weight is 369 g/mol. The van der Waals surface area contributed by atoms with E-state index in [0.29, 0.717) is 28.5 Å². The molecule has 26 heavy (non-hydrogen) atoms. The van der Waals surface area contributed by atoms with Crippen molar-refractivity contribution >= 4 is 23.4 Å². The van der Waals surface area contributed by atoms with E-state index in [4.69, 9.17) is 16.0 Å². The van der Waals surface area contributed by atoms with Gasteiger partial charge in [-0.3, -0.25) is 9.59 Å². The predicted octanol–water partition coefficient (Wildman–Crippen LogP) is 3.79. The highest BCUT2D eigenvalue weighted by Crippen LogP contribution is 2.14. The van der Waals surface area contributed by atoms with Gasteiger partial charge in [-0.15, -0.1) is 0 Å². The molecule has 0 unspecified atom stereocenters. The maximum Gasteiger partial charge on any atom is 0.251 e. The van der Waals surface area contributed by atoms with Gasteiger partial charge in [-0.05, 0) is 42.0 Å². The van der Waals surface area contributed by atoms with Crippen LogP contribution in [0.1, 0.15) is 32.0 Å². The summed E-state index contributed by atoms with van der Waals surface area (Å²) in [5.74, 6) is 0.111. The van der Waals surface area contributed by atoms with E-state index in [2.05, 4.69) is 10.6 Å². The molecule has 3 rings (SSSR count). The lowest BCUT2D eigenvalue weighted by Gasteiger charge is -2.08. The first kappa shape index (κ1) is 17.8. The summed E-state index contributed by atoms with van der Waals surface area (Å²) in [6, 6.07) is 17.4. The van der Waals surface area contributed by atoms with Crippen LogP contribution in [-0.4, -0.2) is 11.8 Å². The fourth-order valence-electron chi connectivity index (χ4n) is 2.40. The Hall–Kier alpha value is -3.05. The van der Waals surface area contributed by atoms with Crippen molar-refractivity contribution in [3.63, 3.8) is 0 Å². The number of carbonyl (C=O) groups excluding carboxylic acids is 2. The molecular weight excluding hydrogens is 352 g/mol. The summed E-state index contributed by atoms with van der Waals surface area (Å²) in [5, 5.41) is 6.15. The minimum atomic E-state index is -0.276. The molecule has 0 radical (unpaired) electrons. The van der Waals surface area contributed by atoms with Crippen molar-refractivity contribution in [2.24, 2.45) is 0 Å². The van der Waals surface area contributed by atoms with Crippen LogP contribution in [-0.2, 0) is 13.1 Å². The molecule has 0 aliphatic carbocycles. The summed E-state index contributed by atoms with van der Waals surface area (Å²) >= 11 is 6.09. The highest BCUT2D eigenvalue weighted by atomic mass is 35.5. The van der Waals surface area contributed by atoms with E-state index < -0.39 is 0 Å². The van der Waals surface area contributed by atoms with Gasteiger partial charge >= 0.3 is 0 Å². The minimum Gasteiger partial charge on any atom is -0.467 e. The number of hydrogen-bond donors (Lipinski definition) is 2. The van der Waals surface area contributed by atoms with Crippen molar-refractivity contribution in [3.05, 3.63) is 94.4 Å². The summed E-state index contributed by atoms with van der Waals surface area (Å²) in [6.07, 6.45) is 1.55. The van der Waals surface area contributed by atoms with Gasteiger partial charge in [0.15, 0.2) is 0 Å². The summed E-state index contributed by atoms with van der Waals surface area (Å²) in [6.45, 7) is 0.599. The SMILES string of the molecule is O=C(NCc1ccco1)c1cccc(C(=O)NCc2ccccc2Cl)c1. The van der Waals surface area contributed by atoms with Crippen molar-refractivity contribution < 1.29 is 14.0 Å². The van der Waals surface area contributed by atoms with Crippen LogP contribution >= 0.6 is 11.6 Å². The molecule has 0 bridgehead atoms. The molecule has 0 saturated heterocycles. The topological polar surface area (TPSA) is 71.3 Å². The Morgan fingerprint density at radius 3 is 2.19 bits per heavy atom. The third kappa shape index (κ3) is 4.52. The molecule has 5 nitrogen and oxygen atoms in total. The largest absolute Gasteiger partial charge is 0.467 e. The first-order valence-electron chi connectivity index (χ1n) is 8.06. The Morgan fingerprint density at radius 2 is 1.54 bits per heavy atom. The van der Waals surface area contributed by atoms with Crippen LogP contribution in [0, 0.1) is 0 Å². The maximum absolute atomic E-state index is 12.3. The van der Waals surface area contributed by atoms with Crippen LogP contribution in [0.3, 0.4) is 0 Å². The smallest absolute Gasteiger partial charge is 0.251 e. The standard InChI is InChI=1S/C20H17ClN2O3/c21-18-9-2-1-5-16(18)12-22-19(24)14-6-3-7-15(11-14)20(25)23-13-17-8-4-10-26-17/h1-11H,12-13H2,(H,22,24)(H,23,25). The lowest BCUT2D eigenvalue weighted by Crippen LogP contribution is -2.25. The molecule has 2 N–H and O–H groups in total. The van der Waals surface area contributed by atoms with Gasteiger partial charge < -0.3 is 15.1 Å². The number of rotatable bonds is 6. The fraction of sp³-hybridized carbons (Fsp3) is 0.100. The monoisotopic (exact) mass is 368 g/mol. The summed E-state index contributed by atoms with van der Waals surface area (Å²) in [7, 11) is 0. The number of nitrogens with one attached hydrogen (secondary N) is 2. The quantitative estimate of drug-likeness (QED) is 0.695. The third-order valence-electron chi connectivity index (χ3n) is 3.79. The van der Waals surface area contributed by atoms with E-state index in [1.807, 2.05) is 18.2 Å². The molecule has 1 heterocycles. The second kappa shape index (κ2) is 8.36. The first-order chi connectivity index (χ1) is 12.6. The van der Waals surface area contributed by atoms with E-state index in [1.54, 1.807) is 48.7 Å². The van der Waals surface area contributed by atoms with Crippen molar-refractivity contribution in [1.29, 1.82) is 0 Å². The van der Waals surface area contributed by atoms with Gasteiger partial charge in [0.25, 0.3) is 11.8 Å². The molecule has 2 aromatic carbocycles.